The Bertz CT molecular complexity index is 276. The summed E-state index contributed by atoms with van der Waals surface area (Å²) >= 11 is 1.58. The minimum atomic E-state index is -2.94. The van der Waals surface area contributed by atoms with Crippen molar-refractivity contribution in [3.8, 4) is 0 Å². The molecule has 0 amide bonds. The van der Waals surface area contributed by atoms with Gasteiger partial charge in [-0.2, -0.15) is 11.8 Å². The minimum absolute atomic E-state index is 0.0823. The first-order chi connectivity index (χ1) is 7.36. The van der Waals surface area contributed by atoms with E-state index < -0.39 is 9.84 Å². The van der Waals surface area contributed by atoms with Gasteiger partial charge in [-0.1, -0.05) is 6.92 Å². The zero-order valence-electron chi connectivity index (χ0n) is 10.4. The van der Waals surface area contributed by atoms with E-state index >= 15 is 0 Å². The molecule has 6 heteroatoms. The molecule has 0 radical (unpaired) electrons. The van der Waals surface area contributed by atoms with Crippen LogP contribution in [0.25, 0.3) is 0 Å². The molecule has 0 aromatic heterocycles. The maximum Gasteiger partial charge on any atom is 0.151 e. The van der Waals surface area contributed by atoms with Crippen LogP contribution >= 0.6 is 11.8 Å². The summed E-state index contributed by atoms with van der Waals surface area (Å²) < 4.78 is 22.8. The van der Waals surface area contributed by atoms with Crippen molar-refractivity contribution in [2.45, 2.75) is 38.1 Å². The molecule has 0 saturated carbocycles. The van der Waals surface area contributed by atoms with Crippen LogP contribution in [0.3, 0.4) is 0 Å². The second-order valence-corrected chi connectivity index (χ2v) is 7.49. The number of sulfone groups is 1. The Hall–Kier alpha value is 0.220. The fraction of sp³-hybridized carbons (Fsp3) is 1.00. The minimum Gasteiger partial charge on any atom is -0.395 e. The lowest BCUT2D eigenvalue weighted by atomic mass is 10.2. The first-order valence-electron chi connectivity index (χ1n) is 5.46. The van der Waals surface area contributed by atoms with E-state index in [9.17, 15) is 8.42 Å². The number of thioether (sulfide) groups is 1. The van der Waals surface area contributed by atoms with Crippen molar-refractivity contribution < 1.29 is 13.5 Å². The summed E-state index contributed by atoms with van der Waals surface area (Å²) in [6.45, 7) is 5.58. The van der Waals surface area contributed by atoms with Crippen molar-refractivity contribution in [2.24, 2.45) is 0 Å². The molecule has 3 unspecified atom stereocenters. The Labute approximate surface area is 103 Å². The Morgan fingerprint density at radius 2 is 1.94 bits per heavy atom. The highest BCUT2D eigenvalue weighted by Gasteiger charge is 2.20. The van der Waals surface area contributed by atoms with Crippen LogP contribution in [0.5, 0.6) is 0 Å². The number of aliphatic hydroxyl groups is 1. The van der Waals surface area contributed by atoms with Gasteiger partial charge in [0.1, 0.15) is 0 Å². The number of nitrogens with one attached hydrogen (secondary N) is 1. The molecule has 4 nitrogen and oxygen atoms in total. The zero-order valence-corrected chi connectivity index (χ0v) is 12.1. The number of rotatable bonds is 8. The van der Waals surface area contributed by atoms with E-state index in [0.717, 1.165) is 0 Å². The molecule has 0 aromatic carbocycles. The Morgan fingerprint density at radius 1 is 1.38 bits per heavy atom. The van der Waals surface area contributed by atoms with E-state index in [0.29, 0.717) is 0 Å². The lowest BCUT2D eigenvalue weighted by Crippen LogP contribution is -2.45. The van der Waals surface area contributed by atoms with Gasteiger partial charge in [-0.25, -0.2) is 8.42 Å². The average Bonchev–Trinajstić information content (AvgIpc) is 2.18. The lowest BCUT2D eigenvalue weighted by molar-refractivity contribution is 0.273. The van der Waals surface area contributed by atoms with Crippen molar-refractivity contribution in [3.05, 3.63) is 0 Å². The normalized spacial score (nSPS) is 18.1. The third kappa shape index (κ3) is 6.08. The molecule has 0 spiro atoms. The van der Waals surface area contributed by atoms with Crippen LogP contribution in [0.1, 0.15) is 20.8 Å². The van der Waals surface area contributed by atoms with Crippen LogP contribution in [-0.4, -0.2) is 55.2 Å². The molecule has 0 aromatic rings. The highest BCUT2D eigenvalue weighted by molar-refractivity contribution is 7.99. The molecule has 0 bridgehead atoms. The van der Waals surface area contributed by atoms with Crippen LogP contribution in [0, 0.1) is 0 Å². The molecule has 98 valence electrons. The van der Waals surface area contributed by atoms with Crippen LogP contribution in [-0.2, 0) is 9.84 Å². The predicted molar refractivity (Wildman–Crippen MR) is 70.8 cm³/mol. The molecule has 0 aliphatic heterocycles. The summed E-state index contributed by atoms with van der Waals surface area (Å²) in [6.07, 6.45) is 1.94. The number of hydrogen-bond acceptors (Lipinski definition) is 5. The topological polar surface area (TPSA) is 66.4 Å². The van der Waals surface area contributed by atoms with Gasteiger partial charge in [-0.3, -0.25) is 0 Å². The molecule has 0 fully saturated rings. The molecule has 16 heavy (non-hydrogen) atoms. The third-order valence-corrected chi connectivity index (χ3v) is 5.58. The molecule has 0 heterocycles. The molecular weight excluding hydrogens is 246 g/mol. The van der Waals surface area contributed by atoms with E-state index in [-0.39, 0.29) is 35.4 Å². The Kier molecular flexibility index (Phi) is 7.63. The van der Waals surface area contributed by atoms with Crippen molar-refractivity contribution in [2.75, 3.05) is 24.4 Å². The first-order valence-corrected chi connectivity index (χ1v) is 8.57. The van der Waals surface area contributed by atoms with Gasteiger partial charge >= 0.3 is 0 Å². The largest absolute Gasteiger partial charge is 0.395 e. The fourth-order valence-corrected chi connectivity index (χ4v) is 3.27. The summed E-state index contributed by atoms with van der Waals surface area (Å²) in [7, 11) is -2.94. The van der Waals surface area contributed by atoms with Gasteiger partial charge in [0.2, 0.25) is 0 Å². The molecule has 0 aliphatic carbocycles. The van der Waals surface area contributed by atoms with Crippen molar-refractivity contribution in [3.63, 3.8) is 0 Å². The molecule has 2 N–H and O–H groups in total. The second-order valence-electron chi connectivity index (χ2n) is 4.01. The number of hydrogen-bond donors (Lipinski definition) is 2. The van der Waals surface area contributed by atoms with Gasteiger partial charge in [0.25, 0.3) is 0 Å². The van der Waals surface area contributed by atoms with Gasteiger partial charge in [0.05, 0.1) is 12.4 Å². The summed E-state index contributed by atoms with van der Waals surface area (Å²) in [4.78, 5) is 0. The fourth-order valence-electron chi connectivity index (χ4n) is 1.54. The van der Waals surface area contributed by atoms with E-state index in [1.165, 1.54) is 0 Å². The van der Waals surface area contributed by atoms with Gasteiger partial charge in [-0.15, -0.1) is 0 Å². The van der Waals surface area contributed by atoms with Crippen LogP contribution < -0.4 is 5.32 Å². The summed E-state index contributed by atoms with van der Waals surface area (Å²) in [6, 6.07) is 0.0169. The molecule has 0 rings (SSSR count). The van der Waals surface area contributed by atoms with Crippen LogP contribution in [0.4, 0.5) is 0 Å². The van der Waals surface area contributed by atoms with Crippen molar-refractivity contribution in [1.29, 1.82) is 0 Å². The monoisotopic (exact) mass is 269 g/mol. The number of aliphatic hydroxyl groups excluding tert-OH is 1. The van der Waals surface area contributed by atoms with E-state index in [4.69, 9.17) is 5.11 Å². The van der Waals surface area contributed by atoms with Gasteiger partial charge in [0.15, 0.2) is 9.84 Å². The van der Waals surface area contributed by atoms with Crippen molar-refractivity contribution >= 4 is 21.6 Å². The Balaban J connectivity index is 4.19. The maximum absolute atomic E-state index is 11.4. The van der Waals surface area contributed by atoms with Gasteiger partial charge in [0, 0.05) is 23.1 Å². The quantitative estimate of drug-likeness (QED) is 0.672. The Morgan fingerprint density at radius 3 is 2.31 bits per heavy atom. The highest BCUT2D eigenvalue weighted by Crippen LogP contribution is 2.11. The molecule has 3 atom stereocenters. The van der Waals surface area contributed by atoms with E-state index in [2.05, 4.69) is 5.32 Å². The second kappa shape index (κ2) is 7.53. The van der Waals surface area contributed by atoms with Gasteiger partial charge < -0.3 is 10.4 Å². The van der Waals surface area contributed by atoms with E-state index in [1.54, 1.807) is 18.7 Å². The summed E-state index contributed by atoms with van der Waals surface area (Å²) in [5, 5.41) is 12.4. The maximum atomic E-state index is 11.4. The SMILES string of the molecule is CCS(=O)(=O)CC(C)NC(C)C(CO)SC. The zero-order chi connectivity index (χ0) is 12.8. The van der Waals surface area contributed by atoms with Crippen LogP contribution in [0.15, 0.2) is 0 Å². The highest BCUT2D eigenvalue weighted by atomic mass is 32.2. The van der Waals surface area contributed by atoms with Crippen molar-refractivity contribution in [1.82, 2.24) is 5.32 Å². The third-order valence-electron chi connectivity index (χ3n) is 2.53. The van der Waals surface area contributed by atoms with E-state index in [1.807, 2.05) is 20.1 Å². The first kappa shape index (κ1) is 16.2. The standard InChI is InChI=1S/C10H23NO3S2/c1-5-16(13,14)7-8(2)11-9(3)10(6-12)15-4/h8-12H,5-7H2,1-4H3. The van der Waals surface area contributed by atoms with Crippen LogP contribution in [0.2, 0.25) is 0 Å². The molecule has 0 aliphatic rings. The predicted octanol–water partition coefficient (Wildman–Crippen LogP) is 0.512. The lowest BCUT2D eigenvalue weighted by Gasteiger charge is -2.25. The summed E-state index contributed by atoms with van der Waals surface area (Å²) in [5.74, 6) is 0.333. The van der Waals surface area contributed by atoms with Gasteiger partial charge in [-0.05, 0) is 20.1 Å². The molecular formula is C10H23NO3S2. The summed E-state index contributed by atoms with van der Waals surface area (Å²) in [5.41, 5.74) is 0. The molecule has 0 saturated heterocycles. The smallest absolute Gasteiger partial charge is 0.151 e. The average molecular weight is 269 g/mol.